The van der Waals surface area contributed by atoms with Gasteiger partial charge in [0, 0.05) is 29.9 Å². The summed E-state index contributed by atoms with van der Waals surface area (Å²) in [6.07, 6.45) is -1.01. The number of aromatic nitrogens is 1. The van der Waals surface area contributed by atoms with Crippen LogP contribution in [0.25, 0.3) is 0 Å². The number of aliphatic hydroxyl groups excluding tert-OH is 1. The van der Waals surface area contributed by atoms with Gasteiger partial charge in [-0.3, -0.25) is 19.7 Å². The number of Topliss-reactive ketones (excluding diaryl/α,β-unsaturated/α-hetero) is 1. The standard InChI is InChI=1S/C17H19N3O5/c1-9-15(11(3)21)10(2)19-16(9)17(23)18-8-14(22)12-4-6-13(7-5-12)20(24)25/h4-7,14,19,22H,8H2,1-3H3,(H,18,23)/t14-/m0/s1. The van der Waals surface area contributed by atoms with Gasteiger partial charge in [0.2, 0.25) is 0 Å². The third-order valence-electron chi connectivity index (χ3n) is 3.96. The minimum absolute atomic E-state index is 0.0659. The molecule has 3 N–H and O–H groups in total. The van der Waals surface area contributed by atoms with E-state index in [1.807, 2.05) is 0 Å². The lowest BCUT2D eigenvalue weighted by Crippen LogP contribution is -2.29. The Hall–Kier alpha value is -3.00. The molecule has 0 aliphatic heterocycles. The number of aromatic amines is 1. The van der Waals surface area contributed by atoms with E-state index in [1.54, 1.807) is 13.8 Å². The normalized spacial score (nSPS) is 11.8. The van der Waals surface area contributed by atoms with E-state index in [0.29, 0.717) is 22.4 Å². The lowest BCUT2D eigenvalue weighted by molar-refractivity contribution is -0.384. The number of non-ortho nitro benzene ring substituents is 1. The van der Waals surface area contributed by atoms with Gasteiger partial charge in [-0.1, -0.05) is 0 Å². The molecule has 0 fully saturated rings. The maximum atomic E-state index is 12.3. The number of ketones is 1. The summed E-state index contributed by atoms with van der Waals surface area (Å²) < 4.78 is 0. The molecule has 0 aliphatic carbocycles. The number of hydrogen-bond donors (Lipinski definition) is 3. The predicted octanol–water partition coefficient (Wildman–Crippen LogP) is 2.21. The highest BCUT2D eigenvalue weighted by atomic mass is 16.6. The number of carbonyl (C=O) groups excluding carboxylic acids is 2. The molecule has 0 radical (unpaired) electrons. The minimum Gasteiger partial charge on any atom is -0.387 e. The smallest absolute Gasteiger partial charge is 0.269 e. The van der Waals surface area contributed by atoms with E-state index >= 15 is 0 Å². The fraction of sp³-hybridized carbons (Fsp3) is 0.294. The molecule has 1 amide bonds. The minimum atomic E-state index is -1.01. The molecule has 1 aromatic heterocycles. The first-order chi connectivity index (χ1) is 11.7. The van der Waals surface area contributed by atoms with Crippen molar-refractivity contribution in [3.05, 3.63) is 62.5 Å². The van der Waals surface area contributed by atoms with Crippen molar-refractivity contribution in [2.45, 2.75) is 26.9 Å². The Morgan fingerprint density at radius 2 is 1.88 bits per heavy atom. The molecule has 2 aromatic rings. The number of carbonyl (C=O) groups is 2. The molecule has 132 valence electrons. The maximum Gasteiger partial charge on any atom is 0.269 e. The average molecular weight is 345 g/mol. The van der Waals surface area contributed by atoms with Gasteiger partial charge >= 0.3 is 0 Å². The van der Waals surface area contributed by atoms with Crippen molar-refractivity contribution in [1.82, 2.24) is 10.3 Å². The fourth-order valence-corrected chi connectivity index (χ4v) is 2.72. The summed E-state index contributed by atoms with van der Waals surface area (Å²) >= 11 is 0. The number of nitrogens with zero attached hydrogens (tertiary/aromatic N) is 1. The number of aryl methyl sites for hydroxylation is 1. The first-order valence-electron chi connectivity index (χ1n) is 7.63. The zero-order valence-corrected chi connectivity index (χ0v) is 14.1. The number of H-pyrrole nitrogens is 1. The summed E-state index contributed by atoms with van der Waals surface area (Å²) in [7, 11) is 0. The van der Waals surface area contributed by atoms with Crippen LogP contribution in [0.1, 0.15) is 50.7 Å². The first-order valence-corrected chi connectivity index (χ1v) is 7.63. The van der Waals surface area contributed by atoms with Crippen LogP contribution in [0.15, 0.2) is 24.3 Å². The number of nitro benzene ring substituents is 1. The van der Waals surface area contributed by atoms with Gasteiger partial charge in [0.05, 0.1) is 11.0 Å². The highest BCUT2D eigenvalue weighted by Gasteiger charge is 2.20. The van der Waals surface area contributed by atoms with Crippen molar-refractivity contribution in [2.75, 3.05) is 6.54 Å². The van der Waals surface area contributed by atoms with Gasteiger partial charge < -0.3 is 15.4 Å². The van der Waals surface area contributed by atoms with E-state index in [0.717, 1.165) is 0 Å². The first kappa shape index (κ1) is 18.3. The van der Waals surface area contributed by atoms with Gasteiger partial charge in [0.1, 0.15) is 5.69 Å². The summed E-state index contributed by atoms with van der Waals surface area (Å²) in [4.78, 5) is 36.9. The van der Waals surface area contributed by atoms with Crippen LogP contribution >= 0.6 is 0 Å². The quantitative estimate of drug-likeness (QED) is 0.420. The summed E-state index contributed by atoms with van der Waals surface area (Å²) in [5, 5.41) is 23.3. The Bertz CT molecular complexity index is 824. The highest BCUT2D eigenvalue weighted by molar-refractivity contribution is 6.02. The molecule has 0 unspecified atom stereocenters. The lowest BCUT2D eigenvalue weighted by atomic mass is 10.1. The van der Waals surface area contributed by atoms with Crippen LogP contribution in [0.4, 0.5) is 5.69 Å². The molecule has 1 heterocycles. The molecular formula is C17H19N3O5. The van der Waals surface area contributed by atoms with Crippen LogP contribution in [-0.2, 0) is 0 Å². The molecule has 0 aliphatic rings. The van der Waals surface area contributed by atoms with Crippen LogP contribution in [0, 0.1) is 24.0 Å². The monoisotopic (exact) mass is 345 g/mol. The van der Waals surface area contributed by atoms with Gasteiger partial charge in [0.15, 0.2) is 5.78 Å². The molecule has 0 bridgehead atoms. The molecule has 0 saturated heterocycles. The number of aliphatic hydroxyl groups is 1. The van der Waals surface area contributed by atoms with Gasteiger partial charge in [-0.05, 0) is 44.0 Å². The predicted molar refractivity (Wildman–Crippen MR) is 90.7 cm³/mol. The summed E-state index contributed by atoms with van der Waals surface area (Å²) in [6.45, 7) is 4.76. The van der Waals surface area contributed by atoms with E-state index < -0.39 is 16.9 Å². The Morgan fingerprint density at radius 1 is 1.28 bits per heavy atom. The van der Waals surface area contributed by atoms with Gasteiger partial charge in [-0.2, -0.15) is 0 Å². The number of benzene rings is 1. The summed E-state index contributed by atoms with van der Waals surface area (Å²) in [6, 6.07) is 5.45. The van der Waals surface area contributed by atoms with E-state index in [4.69, 9.17) is 0 Å². The van der Waals surface area contributed by atoms with E-state index in [1.165, 1.54) is 31.2 Å². The van der Waals surface area contributed by atoms with Gasteiger partial charge in [-0.25, -0.2) is 0 Å². The third-order valence-corrected chi connectivity index (χ3v) is 3.96. The van der Waals surface area contributed by atoms with Crippen LogP contribution in [0.5, 0.6) is 0 Å². The van der Waals surface area contributed by atoms with E-state index in [-0.39, 0.29) is 23.7 Å². The van der Waals surface area contributed by atoms with Crippen molar-refractivity contribution in [1.29, 1.82) is 0 Å². The molecule has 25 heavy (non-hydrogen) atoms. The fourth-order valence-electron chi connectivity index (χ4n) is 2.72. The highest BCUT2D eigenvalue weighted by Crippen LogP contribution is 2.20. The lowest BCUT2D eigenvalue weighted by Gasteiger charge is -2.12. The van der Waals surface area contributed by atoms with Gasteiger partial charge in [0.25, 0.3) is 11.6 Å². The Kier molecular flexibility index (Phi) is 5.33. The molecular weight excluding hydrogens is 326 g/mol. The Balaban J connectivity index is 2.05. The second kappa shape index (κ2) is 7.27. The Morgan fingerprint density at radius 3 is 2.36 bits per heavy atom. The number of nitro groups is 1. The number of amides is 1. The van der Waals surface area contributed by atoms with Crippen LogP contribution in [-0.4, -0.2) is 33.2 Å². The second-order valence-electron chi connectivity index (χ2n) is 5.76. The molecule has 8 nitrogen and oxygen atoms in total. The van der Waals surface area contributed by atoms with Crippen molar-refractivity contribution in [3.63, 3.8) is 0 Å². The molecule has 1 aromatic carbocycles. The number of hydrogen-bond acceptors (Lipinski definition) is 5. The maximum absolute atomic E-state index is 12.3. The van der Waals surface area contributed by atoms with Crippen molar-refractivity contribution >= 4 is 17.4 Å². The zero-order chi connectivity index (χ0) is 18.7. The summed E-state index contributed by atoms with van der Waals surface area (Å²) in [5.41, 5.74) is 2.32. The zero-order valence-electron chi connectivity index (χ0n) is 14.1. The van der Waals surface area contributed by atoms with Crippen molar-refractivity contribution in [2.24, 2.45) is 0 Å². The SMILES string of the molecule is CC(=O)c1c(C)[nH]c(C(=O)NC[C@H](O)c2ccc([N+](=O)[O-])cc2)c1C. The average Bonchev–Trinajstić information content (AvgIpc) is 2.87. The van der Waals surface area contributed by atoms with Crippen molar-refractivity contribution < 1.29 is 19.6 Å². The number of rotatable bonds is 6. The molecule has 8 heteroatoms. The van der Waals surface area contributed by atoms with Crippen LogP contribution < -0.4 is 5.32 Å². The van der Waals surface area contributed by atoms with Gasteiger partial charge in [-0.15, -0.1) is 0 Å². The van der Waals surface area contributed by atoms with Crippen molar-refractivity contribution in [3.8, 4) is 0 Å². The molecule has 0 saturated carbocycles. The second-order valence-corrected chi connectivity index (χ2v) is 5.76. The summed E-state index contributed by atoms with van der Waals surface area (Å²) in [5.74, 6) is -0.565. The van der Waals surface area contributed by atoms with E-state index in [2.05, 4.69) is 10.3 Å². The molecule has 1 atom stereocenters. The molecule has 0 spiro atoms. The number of nitrogens with one attached hydrogen (secondary N) is 2. The third kappa shape index (κ3) is 3.92. The van der Waals surface area contributed by atoms with Crippen LogP contribution in [0.2, 0.25) is 0 Å². The van der Waals surface area contributed by atoms with E-state index in [9.17, 15) is 24.8 Å². The Labute approximate surface area is 144 Å². The van der Waals surface area contributed by atoms with Crippen LogP contribution in [0.3, 0.4) is 0 Å². The topological polar surface area (TPSA) is 125 Å². The molecule has 2 rings (SSSR count). The largest absolute Gasteiger partial charge is 0.387 e.